The van der Waals surface area contributed by atoms with Crippen molar-refractivity contribution in [2.75, 3.05) is 45.9 Å². The fourth-order valence-corrected chi connectivity index (χ4v) is 2.81. The van der Waals surface area contributed by atoms with Crippen molar-refractivity contribution >= 4 is 12.0 Å². The Balaban J connectivity index is 1.83. The van der Waals surface area contributed by atoms with Gasteiger partial charge in [0.2, 0.25) is 0 Å². The molecule has 120 valence electrons. The second-order valence-electron chi connectivity index (χ2n) is 6.11. The Labute approximate surface area is 125 Å². The molecule has 7 heteroatoms. The van der Waals surface area contributed by atoms with Crippen LogP contribution in [0.1, 0.15) is 26.2 Å². The molecule has 2 heterocycles. The molecule has 2 aliphatic rings. The lowest BCUT2D eigenvalue weighted by Crippen LogP contribution is -2.54. The van der Waals surface area contributed by atoms with E-state index in [-0.39, 0.29) is 18.1 Å². The zero-order chi connectivity index (χ0) is 15.3. The summed E-state index contributed by atoms with van der Waals surface area (Å²) in [6, 6.07) is -0.0448. The van der Waals surface area contributed by atoms with Gasteiger partial charge in [-0.2, -0.15) is 0 Å². The van der Waals surface area contributed by atoms with E-state index in [9.17, 15) is 9.59 Å². The molecule has 7 nitrogen and oxygen atoms in total. The SMILES string of the molecule is CC1(NC(=O)N2CCCN(CC(=O)O)CC2)CCOCC1. The number of amides is 2. The fourth-order valence-electron chi connectivity index (χ4n) is 2.81. The van der Waals surface area contributed by atoms with Gasteiger partial charge in [0.15, 0.2) is 0 Å². The third-order valence-electron chi connectivity index (χ3n) is 4.24. The van der Waals surface area contributed by atoms with Crippen LogP contribution in [0.15, 0.2) is 0 Å². The van der Waals surface area contributed by atoms with Crippen LogP contribution in [0.3, 0.4) is 0 Å². The Morgan fingerprint density at radius 2 is 1.90 bits per heavy atom. The summed E-state index contributed by atoms with van der Waals surface area (Å²) in [4.78, 5) is 26.8. The predicted molar refractivity (Wildman–Crippen MR) is 77.3 cm³/mol. The number of aliphatic carboxylic acids is 1. The summed E-state index contributed by atoms with van der Waals surface area (Å²) >= 11 is 0. The van der Waals surface area contributed by atoms with Gasteiger partial charge in [0.05, 0.1) is 6.54 Å². The summed E-state index contributed by atoms with van der Waals surface area (Å²) in [6.45, 7) is 6.06. The molecule has 2 N–H and O–H groups in total. The van der Waals surface area contributed by atoms with Crippen molar-refractivity contribution in [2.24, 2.45) is 0 Å². The molecule has 0 atom stereocenters. The molecule has 21 heavy (non-hydrogen) atoms. The Kier molecular flexibility index (Phi) is 5.41. The van der Waals surface area contributed by atoms with E-state index in [4.69, 9.17) is 9.84 Å². The summed E-state index contributed by atoms with van der Waals surface area (Å²) < 4.78 is 5.34. The van der Waals surface area contributed by atoms with Crippen LogP contribution < -0.4 is 5.32 Å². The van der Waals surface area contributed by atoms with Crippen LogP contribution in [0.25, 0.3) is 0 Å². The van der Waals surface area contributed by atoms with E-state index in [1.165, 1.54) is 0 Å². The van der Waals surface area contributed by atoms with Crippen molar-refractivity contribution < 1.29 is 19.4 Å². The highest BCUT2D eigenvalue weighted by Crippen LogP contribution is 2.20. The number of urea groups is 1. The summed E-state index contributed by atoms with van der Waals surface area (Å²) in [5.74, 6) is -0.817. The number of hydrogen-bond acceptors (Lipinski definition) is 4. The topological polar surface area (TPSA) is 82.1 Å². The molecule has 0 aromatic heterocycles. The lowest BCUT2D eigenvalue weighted by Gasteiger charge is -2.36. The van der Waals surface area contributed by atoms with E-state index < -0.39 is 5.97 Å². The quantitative estimate of drug-likeness (QED) is 0.786. The van der Waals surface area contributed by atoms with Gasteiger partial charge in [0, 0.05) is 44.9 Å². The first-order chi connectivity index (χ1) is 9.98. The molecule has 2 amide bonds. The van der Waals surface area contributed by atoms with E-state index >= 15 is 0 Å². The number of ether oxygens (including phenoxy) is 1. The first kappa shape index (κ1) is 16.0. The number of carbonyl (C=O) groups is 2. The van der Waals surface area contributed by atoms with Crippen LogP contribution in [-0.4, -0.2) is 78.4 Å². The van der Waals surface area contributed by atoms with Crippen molar-refractivity contribution in [2.45, 2.75) is 31.7 Å². The second kappa shape index (κ2) is 7.09. The largest absolute Gasteiger partial charge is 0.480 e. The molecule has 2 fully saturated rings. The molecule has 0 aliphatic carbocycles. The lowest BCUT2D eigenvalue weighted by atomic mass is 9.93. The van der Waals surface area contributed by atoms with E-state index in [1.807, 2.05) is 4.90 Å². The smallest absolute Gasteiger partial charge is 0.317 e. The number of carboxylic acids is 1. The van der Waals surface area contributed by atoms with Gasteiger partial charge in [-0.25, -0.2) is 4.79 Å². The van der Waals surface area contributed by atoms with Gasteiger partial charge < -0.3 is 20.1 Å². The zero-order valence-corrected chi connectivity index (χ0v) is 12.6. The van der Waals surface area contributed by atoms with Crippen LogP contribution in [0, 0.1) is 0 Å². The molecule has 2 rings (SSSR count). The van der Waals surface area contributed by atoms with Crippen LogP contribution in [0.5, 0.6) is 0 Å². The highest BCUT2D eigenvalue weighted by atomic mass is 16.5. The van der Waals surface area contributed by atoms with Gasteiger partial charge in [-0.15, -0.1) is 0 Å². The number of rotatable bonds is 3. The molecule has 0 aromatic carbocycles. The monoisotopic (exact) mass is 299 g/mol. The Morgan fingerprint density at radius 1 is 1.19 bits per heavy atom. The van der Waals surface area contributed by atoms with Crippen molar-refractivity contribution in [3.8, 4) is 0 Å². The van der Waals surface area contributed by atoms with Gasteiger partial charge in [-0.05, 0) is 26.2 Å². The molecule has 0 spiro atoms. The molecule has 0 unspecified atom stereocenters. The zero-order valence-electron chi connectivity index (χ0n) is 12.6. The Hall–Kier alpha value is -1.34. The van der Waals surface area contributed by atoms with Crippen LogP contribution in [0.2, 0.25) is 0 Å². The van der Waals surface area contributed by atoms with Crippen molar-refractivity contribution in [3.05, 3.63) is 0 Å². The minimum absolute atomic E-state index is 0.0448. The molecule has 0 bridgehead atoms. The van der Waals surface area contributed by atoms with Crippen molar-refractivity contribution in [3.63, 3.8) is 0 Å². The van der Waals surface area contributed by atoms with Gasteiger partial charge in [-0.1, -0.05) is 0 Å². The average molecular weight is 299 g/mol. The van der Waals surface area contributed by atoms with Crippen LogP contribution in [-0.2, 0) is 9.53 Å². The third kappa shape index (κ3) is 4.86. The molecule has 0 aromatic rings. The van der Waals surface area contributed by atoms with E-state index in [2.05, 4.69) is 12.2 Å². The lowest BCUT2D eigenvalue weighted by molar-refractivity contribution is -0.138. The van der Waals surface area contributed by atoms with Gasteiger partial charge in [0.1, 0.15) is 0 Å². The maximum absolute atomic E-state index is 12.4. The Morgan fingerprint density at radius 3 is 2.57 bits per heavy atom. The van der Waals surface area contributed by atoms with E-state index in [0.29, 0.717) is 32.8 Å². The Bertz CT molecular complexity index is 382. The number of nitrogens with one attached hydrogen (secondary N) is 1. The fraction of sp³-hybridized carbons (Fsp3) is 0.857. The van der Waals surface area contributed by atoms with Gasteiger partial charge >= 0.3 is 12.0 Å². The summed E-state index contributed by atoms with van der Waals surface area (Å²) in [6.07, 6.45) is 2.47. The molecule has 2 aliphatic heterocycles. The molecule has 0 radical (unpaired) electrons. The molecule has 0 saturated carbocycles. The average Bonchev–Trinajstić information content (AvgIpc) is 2.64. The molecule has 2 saturated heterocycles. The van der Waals surface area contributed by atoms with Crippen molar-refractivity contribution in [1.29, 1.82) is 0 Å². The number of hydrogen-bond donors (Lipinski definition) is 2. The standard InChI is InChI=1S/C14H25N3O4/c1-14(3-9-21-10-4-14)15-13(20)17-6-2-5-16(7-8-17)11-12(18)19/h2-11H2,1H3,(H,15,20)(H,18,19). The summed E-state index contributed by atoms with van der Waals surface area (Å²) in [7, 11) is 0. The highest BCUT2D eigenvalue weighted by molar-refractivity contribution is 5.75. The van der Waals surface area contributed by atoms with E-state index in [0.717, 1.165) is 25.8 Å². The van der Waals surface area contributed by atoms with Gasteiger partial charge in [0.25, 0.3) is 0 Å². The minimum atomic E-state index is -0.817. The minimum Gasteiger partial charge on any atom is -0.480 e. The maximum atomic E-state index is 12.4. The summed E-state index contributed by atoms with van der Waals surface area (Å²) in [5, 5.41) is 12.0. The number of nitrogens with zero attached hydrogens (tertiary/aromatic N) is 2. The maximum Gasteiger partial charge on any atom is 0.317 e. The highest BCUT2D eigenvalue weighted by Gasteiger charge is 2.31. The first-order valence-corrected chi connectivity index (χ1v) is 7.57. The normalized spacial score (nSPS) is 23.4. The van der Waals surface area contributed by atoms with E-state index in [1.54, 1.807) is 4.90 Å². The second-order valence-corrected chi connectivity index (χ2v) is 6.11. The third-order valence-corrected chi connectivity index (χ3v) is 4.24. The van der Waals surface area contributed by atoms with Crippen molar-refractivity contribution in [1.82, 2.24) is 15.1 Å². The predicted octanol–water partition coefficient (Wildman–Crippen LogP) is 0.357. The number of carbonyl (C=O) groups excluding carboxylic acids is 1. The molecular formula is C14H25N3O4. The van der Waals surface area contributed by atoms with Crippen LogP contribution in [0.4, 0.5) is 4.79 Å². The number of carboxylic acid groups (broad SMARTS) is 1. The first-order valence-electron chi connectivity index (χ1n) is 7.57. The summed E-state index contributed by atoms with van der Waals surface area (Å²) in [5.41, 5.74) is -0.192. The van der Waals surface area contributed by atoms with Crippen LogP contribution >= 0.6 is 0 Å². The molecular weight excluding hydrogens is 274 g/mol. The van der Waals surface area contributed by atoms with Gasteiger partial charge in [-0.3, -0.25) is 9.69 Å².